The second-order valence-corrected chi connectivity index (χ2v) is 6.99. The molecule has 24 heavy (non-hydrogen) atoms. The number of rotatable bonds is 12. The van der Waals surface area contributed by atoms with Crippen LogP contribution >= 0.6 is 0 Å². The number of Topliss-reactive ketones (excluding diaryl/α,β-unsaturated/α-hetero) is 1. The molecule has 2 unspecified atom stereocenters. The Kier molecular flexibility index (Phi) is 9.24. The maximum atomic E-state index is 12.9. The molecule has 3 nitrogen and oxygen atoms in total. The summed E-state index contributed by atoms with van der Waals surface area (Å²) in [6.07, 6.45) is 7.89. The Morgan fingerprint density at radius 1 is 1.04 bits per heavy atom. The Morgan fingerprint density at radius 2 is 1.67 bits per heavy atom. The quantitative estimate of drug-likeness (QED) is 0.571. The lowest BCUT2D eigenvalue weighted by atomic mass is 9.78. The molecule has 0 saturated heterocycles. The second-order valence-electron chi connectivity index (χ2n) is 6.99. The number of hydrogen-bond donors (Lipinski definition) is 1. The number of nitrogens with zero attached hydrogens (tertiary/aromatic N) is 1. The molecule has 136 valence electrons. The maximum Gasteiger partial charge on any atom is 0.170 e. The van der Waals surface area contributed by atoms with Gasteiger partial charge in [0.25, 0.3) is 0 Å². The highest BCUT2D eigenvalue weighted by Crippen LogP contribution is 2.33. The molecule has 0 radical (unpaired) electrons. The molecule has 1 rings (SSSR count). The van der Waals surface area contributed by atoms with E-state index in [1.54, 1.807) is 0 Å². The molecule has 0 aromatic heterocycles. The van der Waals surface area contributed by atoms with E-state index >= 15 is 0 Å². The Labute approximate surface area is 148 Å². The molecule has 0 spiro atoms. The lowest BCUT2D eigenvalue weighted by molar-refractivity contribution is -0.146. The van der Waals surface area contributed by atoms with Gasteiger partial charge in [0.2, 0.25) is 0 Å². The van der Waals surface area contributed by atoms with Gasteiger partial charge in [0, 0.05) is 12.5 Å². The molecule has 0 saturated carbocycles. The van der Waals surface area contributed by atoms with Crippen molar-refractivity contribution in [1.82, 2.24) is 4.90 Å². The first-order valence-electron chi connectivity index (χ1n) is 9.46. The minimum absolute atomic E-state index is 0.0662. The maximum absolute atomic E-state index is 12.9. The minimum atomic E-state index is -1.43. The van der Waals surface area contributed by atoms with Crippen molar-refractivity contribution in [2.24, 2.45) is 0 Å². The van der Waals surface area contributed by atoms with Crippen molar-refractivity contribution < 1.29 is 9.90 Å². The van der Waals surface area contributed by atoms with Gasteiger partial charge in [0.1, 0.15) is 0 Å². The molecule has 1 aromatic carbocycles. The minimum Gasteiger partial charge on any atom is -0.376 e. The van der Waals surface area contributed by atoms with Crippen LogP contribution in [0.2, 0.25) is 0 Å². The smallest absolute Gasteiger partial charge is 0.170 e. The van der Waals surface area contributed by atoms with Crippen LogP contribution in [0.1, 0.15) is 70.8 Å². The average Bonchev–Trinajstić information content (AvgIpc) is 2.58. The summed E-state index contributed by atoms with van der Waals surface area (Å²) in [7, 11) is 3.92. The molecule has 1 N–H and O–H groups in total. The Hall–Kier alpha value is -1.19. The van der Waals surface area contributed by atoms with E-state index in [4.69, 9.17) is 0 Å². The molecule has 0 bridgehead atoms. The van der Waals surface area contributed by atoms with Crippen LogP contribution in [0.5, 0.6) is 0 Å². The van der Waals surface area contributed by atoms with E-state index in [1.165, 1.54) is 19.3 Å². The van der Waals surface area contributed by atoms with E-state index in [2.05, 4.69) is 6.92 Å². The summed E-state index contributed by atoms with van der Waals surface area (Å²) in [5.41, 5.74) is -0.707. The van der Waals surface area contributed by atoms with Crippen molar-refractivity contribution in [3.05, 3.63) is 35.9 Å². The molecule has 0 amide bonds. The molecule has 1 aromatic rings. The predicted molar refractivity (Wildman–Crippen MR) is 101 cm³/mol. The summed E-state index contributed by atoms with van der Waals surface area (Å²) in [5, 5.41) is 11.5. The van der Waals surface area contributed by atoms with Crippen molar-refractivity contribution in [2.75, 3.05) is 14.1 Å². The van der Waals surface area contributed by atoms with Crippen LogP contribution in [0.3, 0.4) is 0 Å². The molecule has 0 fully saturated rings. The molecule has 3 heteroatoms. The van der Waals surface area contributed by atoms with Crippen LogP contribution in [-0.2, 0) is 10.4 Å². The van der Waals surface area contributed by atoms with E-state index in [0.29, 0.717) is 6.42 Å². The van der Waals surface area contributed by atoms with Gasteiger partial charge in [0.05, 0.1) is 0 Å². The molecule has 0 aliphatic heterocycles. The van der Waals surface area contributed by atoms with E-state index in [0.717, 1.165) is 31.2 Å². The zero-order valence-electron chi connectivity index (χ0n) is 15.9. The first-order chi connectivity index (χ1) is 11.5. The van der Waals surface area contributed by atoms with Gasteiger partial charge >= 0.3 is 0 Å². The molecule has 2 atom stereocenters. The summed E-state index contributed by atoms with van der Waals surface area (Å²) >= 11 is 0. The lowest BCUT2D eigenvalue weighted by Gasteiger charge is -2.39. The summed E-state index contributed by atoms with van der Waals surface area (Å²) in [6, 6.07) is 9.27. The summed E-state index contributed by atoms with van der Waals surface area (Å²) < 4.78 is 0. The van der Waals surface area contributed by atoms with Crippen molar-refractivity contribution in [1.29, 1.82) is 0 Å². The molecular weight excluding hydrogens is 298 g/mol. The van der Waals surface area contributed by atoms with E-state index < -0.39 is 5.60 Å². The van der Waals surface area contributed by atoms with Crippen LogP contribution in [0.25, 0.3) is 0 Å². The van der Waals surface area contributed by atoms with Gasteiger partial charge in [-0.2, -0.15) is 0 Å². The number of aliphatic hydroxyl groups is 1. The largest absolute Gasteiger partial charge is 0.376 e. The topological polar surface area (TPSA) is 40.5 Å². The first kappa shape index (κ1) is 20.9. The fourth-order valence-electron chi connectivity index (χ4n) is 3.43. The Balaban J connectivity index is 3.02. The highest BCUT2D eigenvalue weighted by Gasteiger charge is 2.45. The van der Waals surface area contributed by atoms with Crippen LogP contribution in [0, 0.1) is 0 Å². The van der Waals surface area contributed by atoms with Crippen molar-refractivity contribution in [2.45, 2.75) is 76.9 Å². The summed E-state index contributed by atoms with van der Waals surface area (Å²) in [5.74, 6) is -0.0662. The third-order valence-electron chi connectivity index (χ3n) is 4.80. The van der Waals surface area contributed by atoms with Gasteiger partial charge in [-0.25, -0.2) is 0 Å². The highest BCUT2D eigenvalue weighted by molar-refractivity contribution is 5.89. The van der Waals surface area contributed by atoms with Crippen LogP contribution in [0.4, 0.5) is 0 Å². The Bertz CT molecular complexity index is 472. The van der Waals surface area contributed by atoms with Gasteiger partial charge in [-0.1, -0.05) is 76.3 Å². The number of ketones is 1. The third-order valence-corrected chi connectivity index (χ3v) is 4.80. The van der Waals surface area contributed by atoms with Crippen molar-refractivity contribution >= 4 is 5.78 Å². The first-order valence-corrected chi connectivity index (χ1v) is 9.46. The number of hydrogen-bond acceptors (Lipinski definition) is 3. The molecule has 0 aliphatic carbocycles. The van der Waals surface area contributed by atoms with Crippen molar-refractivity contribution in [3.8, 4) is 0 Å². The number of likely N-dealkylation sites (N-methyl/N-ethyl adjacent to an activating group) is 1. The van der Waals surface area contributed by atoms with Gasteiger partial charge in [0.15, 0.2) is 11.4 Å². The van der Waals surface area contributed by atoms with Gasteiger partial charge in [-0.3, -0.25) is 4.79 Å². The Morgan fingerprint density at radius 3 is 2.21 bits per heavy atom. The number of benzene rings is 1. The number of carbonyl (C=O) groups is 1. The van der Waals surface area contributed by atoms with Gasteiger partial charge < -0.3 is 10.0 Å². The fraction of sp³-hybridized carbons (Fsp3) is 0.667. The molecule has 0 aliphatic rings. The highest BCUT2D eigenvalue weighted by atomic mass is 16.3. The van der Waals surface area contributed by atoms with Crippen LogP contribution in [0.15, 0.2) is 30.3 Å². The van der Waals surface area contributed by atoms with E-state index in [9.17, 15) is 9.90 Å². The SMILES string of the molecule is CCCCCCCC(N(C)C)C(O)(C(=O)CCC)c1ccccc1. The monoisotopic (exact) mass is 333 g/mol. The zero-order valence-corrected chi connectivity index (χ0v) is 15.9. The lowest BCUT2D eigenvalue weighted by Crippen LogP contribution is -2.53. The standard InChI is InChI=1S/C21H35NO2/c1-5-7-8-9-13-17-19(22(3)4)21(24,20(23)14-6-2)18-15-11-10-12-16-18/h10-12,15-16,19,24H,5-9,13-14,17H2,1-4H3. The van der Waals surface area contributed by atoms with E-state index in [1.807, 2.05) is 56.3 Å². The van der Waals surface area contributed by atoms with E-state index in [-0.39, 0.29) is 11.8 Å². The van der Waals surface area contributed by atoms with Gasteiger partial charge in [-0.15, -0.1) is 0 Å². The zero-order chi connectivity index (χ0) is 18.0. The predicted octanol–water partition coefficient (Wildman–Crippen LogP) is 4.53. The summed E-state index contributed by atoms with van der Waals surface area (Å²) in [4.78, 5) is 14.9. The number of carbonyl (C=O) groups excluding carboxylic acids is 1. The van der Waals surface area contributed by atoms with Crippen LogP contribution < -0.4 is 0 Å². The fourth-order valence-corrected chi connectivity index (χ4v) is 3.43. The summed E-state index contributed by atoms with van der Waals surface area (Å²) in [6.45, 7) is 4.19. The molecule has 0 heterocycles. The van der Waals surface area contributed by atoms with Crippen LogP contribution in [-0.4, -0.2) is 35.9 Å². The normalized spacial score (nSPS) is 15.2. The average molecular weight is 334 g/mol. The van der Waals surface area contributed by atoms with Crippen molar-refractivity contribution in [3.63, 3.8) is 0 Å². The molecular formula is C21H35NO2. The van der Waals surface area contributed by atoms with Gasteiger partial charge in [-0.05, 0) is 32.5 Å². The third kappa shape index (κ3) is 5.42. The second kappa shape index (κ2) is 10.6. The number of unbranched alkanes of at least 4 members (excludes halogenated alkanes) is 4.